The van der Waals surface area contributed by atoms with Crippen molar-refractivity contribution < 1.29 is 9.72 Å². The summed E-state index contributed by atoms with van der Waals surface area (Å²) in [5, 5.41) is 10.8. The Morgan fingerprint density at radius 3 is 2.67 bits per heavy atom. The van der Waals surface area contributed by atoms with Gasteiger partial charge in [-0.1, -0.05) is 24.3 Å². The van der Waals surface area contributed by atoms with E-state index in [9.17, 15) is 19.7 Å². The van der Waals surface area contributed by atoms with Gasteiger partial charge in [0.2, 0.25) is 0 Å². The van der Waals surface area contributed by atoms with Crippen molar-refractivity contribution in [1.29, 1.82) is 0 Å². The van der Waals surface area contributed by atoms with Gasteiger partial charge in [-0.3, -0.25) is 19.7 Å². The number of hydrogen-bond donors (Lipinski definition) is 0. The van der Waals surface area contributed by atoms with Crippen molar-refractivity contribution in [2.24, 2.45) is 0 Å². The van der Waals surface area contributed by atoms with Gasteiger partial charge in [0.1, 0.15) is 0 Å². The molecule has 0 saturated heterocycles. The highest BCUT2D eigenvalue weighted by atomic mass is 79.9. The Morgan fingerprint density at radius 1 is 1.38 bits per heavy atom. The smallest absolute Gasteiger partial charge is 0.301 e. The average Bonchev–Trinajstić information content (AvgIpc) is 2.42. The molecule has 0 saturated carbocycles. The number of pyridine rings is 1. The van der Waals surface area contributed by atoms with Gasteiger partial charge in [-0.05, 0) is 28.4 Å². The standard InChI is InChI=1S/C14H11BrN2O4/c1-9-4-2-3-5-11(9)13(18)8-16-7-10(15)6-12(14(16)19)17(20)21/h2-7H,8H2,1H3. The molecule has 7 heteroatoms. The molecular weight excluding hydrogens is 340 g/mol. The van der Waals surface area contributed by atoms with Gasteiger partial charge in [0.25, 0.3) is 0 Å². The zero-order chi connectivity index (χ0) is 15.6. The molecule has 0 aliphatic rings. The van der Waals surface area contributed by atoms with Crippen LogP contribution in [0.1, 0.15) is 15.9 Å². The highest BCUT2D eigenvalue weighted by Crippen LogP contribution is 2.15. The number of hydrogen-bond acceptors (Lipinski definition) is 4. The van der Waals surface area contributed by atoms with Crippen molar-refractivity contribution in [2.75, 3.05) is 0 Å². The van der Waals surface area contributed by atoms with Gasteiger partial charge in [0, 0.05) is 22.3 Å². The van der Waals surface area contributed by atoms with E-state index in [1.165, 1.54) is 6.20 Å². The molecule has 108 valence electrons. The first-order valence-corrected chi connectivity index (χ1v) is 6.82. The van der Waals surface area contributed by atoms with E-state index in [4.69, 9.17) is 0 Å². The number of aryl methyl sites for hydroxylation is 1. The molecule has 0 fully saturated rings. The monoisotopic (exact) mass is 350 g/mol. The zero-order valence-corrected chi connectivity index (χ0v) is 12.7. The van der Waals surface area contributed by atoms with Crippen molar-refractivity contribution in [3.8, 4) is 0 Å². The minimum Gasteiger partial charge on any atom is -0.301 e. The molecule has 1 aromatic heterocycles. The molecule has 21 heavy (non-hydrogen) atoms. The molecule has 0 aliphatic heterocycles. The normalized spacial score (nSPS) is 10.4. The van der Waals surface area contributed by atoms with Crippen molar-refractivity contribution >= 4 is 27.4 Å². The van der Waals surface area contributed by atoms with Gasteiger partial charge in [-0.15, -0.1) is 0 Å². The van der Waals surface area contributed by atoms with Crippen LogP contribution in [0.2, 0.25) is 0 Å². The summed E-state index contributed by atoms with van der Waals surface area (Å²) in [6.07, 6.45) is 1.37. The van der Waals surface area contributed by atoms with Crippen molar-refractivity contribution in [3.05, 3.63) is 72.6 Å². The van der Waals surface area contributed by atoms with Crippen LogP contribution in [0.25, 0.3) is 0 Å². The van der Waals surface area contributed by atoms with Crippen molar-refractivity contribution in [1.82, 2.24) is 4.57 Å². The Hall–Kier alpha value is -2.28. The van der Waals surface area contributed by atoms with Crippen molar-refractivity contribution in [2.45, 2.75) is 13.5 Å². The van der Waals surface area contributed by atoms with Gasteiger partial charge < -0.3 is 4.57 Å². The first kappa shape index (κ1) is 15.1. The lowest BCUT2D eigenvalue weighted by Crippen LogP contribution is -2.26. The maximum Gasteiger partial charge on any atom is 0.335 e. The first-order valence-electron chi connectivity index (χ1n) is 6.03. The molecule has 1 heterocycles. The summed E-state index contributed by atoms with van der Waals surface area (Å²) < 4.78 is 1.41. The van der Waals surface area contributed by atoms with E-state index in [1.54, 1.807) is 25.1 Å². The number of rotatable bonds is 4. The van der Waals surface area contributed by atoms with Crippen LogP contribution in [-0.4, -0.2) is 15.3 Å². The molecular formula is C14H11BrN2O4. The fraction of sp³-hybridized carbons (Fsp3) is 0.143. The second kappa shape index (κ2) is 6.01. The third kappa shape index (κ3) is 3.25. The Bertz CT molecular complexity index is 783. The molecule has 0 atom stereocenters. The lowest BCUT2D eigenvalue weighted by atomic mass is 10.1. The van der Waals surface area contributed by atoms with Crippen LogP contribution in [0.4, 0.5) is 5.69 Å². The molecule has 0 aliphatic carbocycles. The fourth-order valence-corrected chi connectivity index (χ4v) is 2.42. The third-order valence-electron chi connectivity index (χ3n) is 2.99. The number of Topliss-reactive ketones (excluding diaryl/α,β-unsaturated/α-hetero) is 1. The van der Waals surface area contributed by atoms with E-state index in [1.807, 2.05) is 6.07 Å². The van der Waals surface area contributed by atoms with Crippen LogP contribution in [0, 0.1) is 17.0 Å². The first-order chi connectivity index (χ1) is 9.90. The van der Waals surface area contributed by atoms with Gasteiger partial charge in [-0.25, -0.2) is 0 Å². The van der Waals surface area contributed by atoms with E-state index in [0.717, 1.165) is 16.2 Å². The topological polar surface area (TPSA) is 82.2 Å². The minimum atomic E-state index is -0.801. The SMILES string of the molecule is Cc1ccccc1C(=O)Cn1cc(Br)cc([N+](=O)[O-])c1=O. The minimum absolute atomic E-state index is 0.246. The summed E-state index contributed by atoms with van der Waals surface area (Å²) >= 11 is 3.10. The van der Waals surface area contributed by atoms with Crippen LogP contribution in [0.5, 0.6) is 0 Å². The number of nitrogens with zero attached hydrogens (tertiary/aromatic N) is 2. The molecule has 1 aromatic carbocycles. The van der Waals surface area contributed by atoms with Gasteiger partial charge in [-0.2, -0.15) is 0 Å². The van der Waals surface area contributed by atoms with E-state index >= 15 is 0 Å². The van der Waals surface area contributed by atoms with Gasteiger partial charge in [0.05, 0.1) is 11.5 Å². The van der Waals surface area contributed by atoms with Crippen LogP contribution in [0.3, 0.4) is 0 Å². The molecule has 2 rings (SSSR count). The molecule has 6 nitrogen and oxygen atoms in total. The number of carbonyl (C=O) groups excluding carboxylic acids is 1. The number of halogens is 1. The molecule has 0 N–H and O–H groups in total. The second-order valence-electron chi connectivity index (χ2n) is 4.47. The fourth-order valence-electron chi connectivity index (χ4n) is 1.96. The van der Waals surface area contributed by atoms with Crippen molar-refractivity contribution in [3.63, 3.8) is 0 Å². The highest BCUT2D eigenvalue weighted by molar-refractivity contribution is 9.10. The largest absolute Gasteiger partial charge is 0.335 e. The Labute approximate surface area is 128 Å². The van der Waals surface area contributed by atoms with Gasteiger partial charge in [0.15, 0.2) is 5.78 Å². The number of ketones is 1. The van der Waals surface area contributed by atoms with Crippen LogP contribution >= 0.6 is 15.9 Å². The van der Waals surface area contributed by atoms with E-state index in [0.29, 0.717) is 10.0 Å². The molecule has 2 aromatic rings. The highest BCUT2D eigenvalue weighted by Gasteiger charge is 2.18. The molecule has 0 spiro atoms. The summed E-state index contributed by atoms with van der Waals surface area (Å²) in [6.45, 7) is 1.54. The Balaban J connectivity index is 2.41. The van der Waals surface area contributed by atoms with Crippen LogP contribution < -0.4 is 5.56 Å². The predicted molar refractivity (Wildman–Crippen MR) is 80.6 cm³/mol. The molecule has 0 unspecified atom stereocenters. The number of nitro groups is 1. The average molecular weight is 351 g/mol. The molecule has 0 amide bonds. The Morgan fingerprint density at radius 2 is 2.05 bits per heavy atom. The zero-order valence-electron chi connectivity index (χ0n) is 11.1. The number of aromatic nitrogens is 1. The molecule has 0 radical (unpaired) electrons. The summed E-state index contributed by atoms with van der Waals surface area (Å²) in [7, 11) is 0. The van der Waals surface area contributed by atoms with Gasteiger partial charge >= 0.3 is 11.2 Å². The second-order valence-corrected chi connectivity index (χ2v) is 5.39. The number of carbonyl (C=O) groups is 1. The third-order valence-corrected chi connectivity index (χ3v) is 3.42. The molecule has 0 bridgehead atoms. The number of benzene rings is 1. The Kier molecular flexibility index (Phi) is 4.32. The summed E-state index contributed by atoms with van der Waals surface area (Å²) in [6, 6.07) is 8.11. The lowest BCUT2D eigenvalue weighted by molar-refractivity contribution is -0.386. The summed E-state index contributed by atoms with van der Waals surface area (Å²) in [5.74, 6) is -0.275. The lowest BCUT2D eigenvalue weighted by Gasteiger charge is -2.07. The maximum absolute atomic E-state index is 12.2. The van der Waals surface area contributed by atoms with Crippen LogP contribution in [0.15, 0.2) is 45.8 Å². The maximum atomic E-state index is 12.2. The van der Waals surface area contributed by atoms with E-state index < -0.39 is 16.2 Å². The van der Waals surface area contributed by atoms with Crippen LogP contribution in [-0.2, 0) is 6.54 Å². The quantitative estimate of drug-likeness (QED) is 0.482. The summed E-state index contributed by atoms with van der Waals surface area (Å²) in [4.78, 5) is 34.3. The van der Waals surface area contributed by atoms with E-state index in [2.05, 4.69) is 15.9 Å². The van der Waals surface area contributed by atoms with E-state index in [-0.39, 0.29) is 12.3 Å². The summed E-state index contributed by atoms with van der Waals surface area (Å²) in [5.41, 5.74) is -0.0841. The predicted octanol–water partition coefficient (Wildman–Crippen LogP) is 2.71.